The summed E-state index contributed by atoms with van der Waals surface area (Å²) in [6, 6.07) is 13.6. The van der Waals surface area contributed by atoms with Crippen molar-refractivity contribution in [2.24, 2.45) is 10.2 Å². The van der Waals surface area contributed by atoms with Crippen LogP contribution >= 0.6 is 0 Å². The Bertz CT molecular complexity index is 1430. The minimum Gasteiger partial charge on any atom is -0.505 e. The Balaban J connectivity index is 1.55. The van der Waals surface area contributed by atoms with Crippen LogP contribution in [0.3, 0.4) is 0 Å². The number of carboxylic acid groups (broad SMARTS) is 1. The fourth-order valence-electron chi connectivity index (χ4n) is 3.29. The van der Waals surface area contributed by atoms with E-state index in [-0.39, 0.29) is 39.7 Å². The molecule has 3 aromatic rings. The van der Waals surface area contributed by atoms with Crippen LogP contribution in [-0.4, -0.2) is 33.5 Å². The van der Waals surface area contributed by atoms with Crippen LogP contribution in [0.25, 0.3) is 12.2 Å². The van der Waals surface area contributed by atoms with Gasteiger partial charge in [-0.2, -0.15) is 15.2 Å². The van der Waals surface area contributed by atoms with Gasteiger partial charge >= 0.3 is 11.9 Å². The fraction of sp³-hybridized carbons (Fsp3) is 0.0400. The first-order valence-corrected chi connectivity index (χ1v) is 10.3. The lowest BCUT2D eigenvalue weighted by Crippen LogP contribution is -2.28. The highest BCUT2D eigenvalue weighted by atomic mass is 19.1. The summed E-state index contributed by atoms with van der Waals surface area (Å²) in [5, 5.41) is 29.0. The van der Waals surface area contributed by atoms with Gasteiger partial charge in [0.1, 0.15) is 17.4 Å². The van der Waals surface area contributed by atoms with Crippen molar-refractivity contribution in [3.8, 4) is 5.75 Å². The zero-order valence-electron chi connectivity index (χ0n) is 18.2. The van der Waals surface area contributed by atoms with Crippen molar-refractivity contribution in [3.05, 3.63) is 89.0 Å². The van der Waals surface area contributed by atoms with Crippen molar-refractivity contribution in [2.75, 3.05) is 10.4 Å². The van der Waals surface area contributed by atoms with Crippen molar-refractivity contribution in [2.45, 2.75) is 6.92 Å². The van der Waals surface area contributed by atoms with Crippen LogP contribution in [0.4, 0.5) is 20.2 Å². The van der Waals surface area contributed by atoms with Crippen LogP contribution < -0.4 is 10.4 Å². The average Bonchev–Trinajstić information content (AvgIpc) is 3.12. The summed E-state index contributed by atoms with van der Waals surface area (Å²) in [4.78, 5) is 24.1. The normalized spacial score (nSPS) is 14.6. The Morgan fingerprint density at radius 1 is 1.06 bits per heavy atom. The van der Waals surface area contributed by atoms with Crippen molar-refractivity contribution >= 4 is 46.8 Å². The molecule has 1 amide bonds. The van der Waals surface area contributed by atoms with Crippen molar-refractivity contribution in [1.82, 2.24) is 0 Å². The summed E-state index contributed by atoms with van der Waals surface area (Å²) in [6.07, 6.45) is 2.84. The summed E-state index contributed by atoms with van der Waals surface area (Å²) in [6.45, 7) is 1.57. The van der Waals surface area contributed by atoms with Crippen molar-refractivity contribution < 1.29 is 28.6 Å². The second-order valence-corrected chi connectivity index (χ2v) is 7.47. The molecule has 0 spiro atoms. The molecule has 0 saturated carbocycles. The Kier molecular flexibility index (Phi) is 6.36. The first kappa shape index (κ1) is 23.3. The van der Waals surface area contributed by atoms with E-state index in [9.17, 15) is 28.6 Å². The maximum Gasteiger partial charge on any atom is 0.335 e. The minimum absolute atomic E-state index is 0.00183. The minimum atomic E-state index is -1.14. The number of carbonyl (C=O) groups excluding carboxylic acids is 1. The highest BCUT2D eigenvalue weighted by Crippen LogP contribution is 2.30. The molecule has 0 radical (unpaired) electrons. The number of phenolic OH excluding ortho intramolecular Hbond substituents is 1. The number of hydrogen-bond acceptors (Lipinski definition) is 6. The van der Waals surface area contributed by atoms with E-state index >= 15 is 0 Å². The quantitative estimate of drug-likeness (QED) is 0.270. The third-order valence-corrected chi connectivity index (χ3v) is 5.09. The number of anilines is 2. The number of nitrogens with one attached hydrogen (secondary N) is 1. The lowest BCUT2D eigenvalue weighted by atomic mass is 10.1. The van der Waals surface area contributed by atoms with Gasteiger partial charge in [-0.3, -0.25) is 10.2 Å². The number of hydrazone groups is 2. The number of nitrogens with zero attached hydrogens (tertiary/aromatic N) is 3. The molecule has 3 N–H and O–H groups in total. The number of carboxylic acids is 1. The lowest BCUT2D eigenvalue weighted by molar-refractivity contribution is -0.112. The fourth-order valence-corrected chi connectivity index (χ4v) is 3.29. The van der Waals surface area contributed by atoms with Crippen LogP contribution in [0, 0.1) is 11.6 Å². The molecule has 1 heterocycles. The van der Waals surface area contributed by atoms with Gasteiger partial charge in [0.25, 0.3) is 0 Å². The highest BCUT2D eigenvalue weighted by Gasteiger charge is 2.31. The molecule has 35 heavy (non-hydrogen) atoms. The third-order valence-electron chi connectivity index (χ3n) is 5.09. The van der Waals surface area contributed by atoms with Gasteiger partial charge in [-0.25, -0.2) is 13.6 Å². The van der Waals surface area contributed by atoms with Crippen molar-refractivity contribution in [3.63, 3.8) is 0 Å². The molecule has 0 atom stereocenters. The Hall–Kier alpha value is -4.86. The molecule has 0 aromatic heterocycles. The largest absolute Gasteiger partial charge is 0.505 e. The molecule has 8 nitrogen and oxygen atoms in total. The van der Waals surface area contributed by atoms with Gasteiger partial charge in [-0.1, -0.05) is 30.4 Å². The Morgan fingerprint density at radius 2 is 1.80 bits per heavy atom. The van der Waals surface area contributed by atoms with E-state index in [1.54, 1.807) is 25.1 Å². The molecular weight excluding hydrogens is 458 g/mol. The number of rotatable bonds is 6. The maximum atomic E-state index is 13.9. The summed E-state index contributed by atoms with van der Waals surface area (Å²) < 4.78 is 26.9. The smallest absolute Gasteiger partial charge is 0.335 e. The first-order chi connectivity index (χ1) is 16.7. The van der Waals surface area contributed by atoms with E-state index in [4.69, 9.17) is 0 Å². The SMILES string of the molecule is CC1=NN(c2cccc(C(=O)O)c2)C(=O)/C1=N\Nc1cccc(/C=C/c2ccc(F)cc2F)c1O. The van der Waals surface area contributed by atoms with Crippen LogP contribution in [0.15, 0.2) is 70.9 Å². The topological polar surface area (TPSA) is 115 Å². The van der Waals surface area contributed by atoms with Gasteiger partial charge in [0.2, 0.25) is 0 Å². The second-order valence-electron chi connectivity index (χ2n) is 7.47. The molecule has 1 aliphatic heterocycles. The van der Waals surface area contributed by atoms with E-state index in [1.165, 1.54) is 42.5 Å². The van der Waals surface area contributed by atoms with Gasteiger partial charge in [0, 0.05) is 17.2 Å². The number of hydrogen-bond donors (Lipinski definition) is 3. The van der Waals surface area contributed by atoms with Gasteiger partial charge in [-0.15, -0.1) is 0 Å². The van der Waals surface area contributed by atoms with E-state index in [0.29, 0.717) is 5.56 Å². The lowest BCUT2D eigenvalue weighted by Gasteiger charge is -2.12. The summed E-state index contributed by atoms with van der Waals surface area (Å²) >= 11 is 0. The van der Waals surface area contributed by atoms with E-state index in [1.807, 2.05) is 0 Å². The summed E-state index contributed by atoms with van der Waals surface area (Å²) in [5.74, 6) is -3.36. The summed E-state index contributed by atoms with van der Waals surface area (Å²) in [7, 11) is 0. The molecule has 0 aliphatic carbocycles. The number of halogens is 2. The molecule has 1 aliphatic rings. The number of aromatic carboxylic acids is 1. The summed E-state index contributed by atoms with van der Waals surface area (Å²) in [5.41, 5.74) is 3.79. The predicted octanol–water partition coefficient (Wildman–Crippen LogP) is 4.73. The number of aromatic hydroxyl groups is 1. The van der Waals surface area contributed by atoms with Crippen molar-refractivity contribution in [1.29, 1.82) is 0 Å². The Labute approximate surface area is 198 Å². The molecule has 3 aromatic carbocycles. The van der Waals surface area contributed by atoms with Gasteiger partial charge in [-0.05, 0) is 43.3 Å². The average molecular weight is 476 g/mol. The van der Waals surface area contributed by atoms with Gasteiger partial charge < -0.3 is 10.2 Å². The van der Waals surface area contributed by atoms with Crippen LogP contribution in [0.5, 0.6) is 5.75 Å². The maximum absolute atomic E-state index is 13.9. The molecule has 176 valence electrons. The standard InChI is InChI=1S/C25H18F2N4O4/c1-14-22(24(33)31(30-14)19-6-2-5-17(12-19)25(34)35)29-28-21-7-3-4-16(23(21)32)9-8-15-10-11-18(26)13-20(15)27/h2-13,28,32H,1H3,(H,34,35)/b9-8+,29-22-. The molecular formula is C25H18F2N4O4. The zero-order valence-corrected chi connectivity index (χ0v) is 18.2. The number of phenols is 1. The predicted molar refractivity (Wildman–Crippen MR) is 128 cm³/mol. The molecule has 10 heteroatoms. The van der Waals surface area contributed by atoms with E-state index in [2.05, 4.69) is 15.6 Å². The number of carbonyl (C=O) groups is 2. The number of para-hydroxylation sites is 1. The van der Waals surface area contributed by atoms with Crippen LogP contribution in [0.2, 0.25) is 0 Å². The Morgan fingerprint density at radius 3 is 2.54 bits per heavy atom. The molecule has 0 fully saturated rings. The highest BCUT2D eigenvalue weighted by molar-refractivity contribution is 6.71. The zero-order chi connectivity index (χ0) is 25.1. The van der Waals surface area contributed by atoms with Crippen LogP contribution in [0.1, 0.15) is 28.4 Å². The van der Waals surface area contributed by atoms with E-state index in [0.717, 1.165) is 17.1 Å². The monoisotopic (exact) mass is 476 g/mol. The van der Waals surface area contributed by atoms with E-state index < -0.39 is 23.5 Å². The van der Waals surface area contributed by atoms with Crippen LogP contribution in [-0.2, 0) is 4.79 Å². The number of amides is 1. The first-order valence-electron chi connectivity index (χ1n) is 10.3. The third kappa shape index (κ3) is 4.91. The molecule has 4 rings (SSSR count). The van der Waals surface area contributed by atoms with Gasteiger partial charge in [0.15, 0.2) is 5.71 Å². The molecule has 0 unspecified atom stereocenters. The second kappa shape index (κ2) is 9.56. The molecule has 0 saturated heterocycles. The number of benzene rings is 3. The van der Waals surface area contributed by atoms with Gasteiger partial charge in [0.05, 0.1) is 22.6 Å². The molecule has 0 bridgehead atoms.